The summed E-state index contributed by atoms with van der Waals surface area (Å²) in [5.41, 5.74) is 2.89. The largest absolute Gasteiger partial charge is 0.396 e. The molecule has 0 spiro atoms. The van der Waals surface area contributed by atoms with E-state index in [-0.39, 0.29) is 5.41 Å². The first kappa shape index (κ1) is 14.9. The summed E-state index contributed by atoms with van der Waals surface area (Å²) < 4.78 is 0. The molecule has 0 bridgehead atoms. The van der Waals surface area contributed by atoms with Gasteiger partial charge in [-0.25, -0.2) is 0 Å². The Hall–Kier alpha value is -1.06. The van der Waals surface area contributed by atoms with Crippen molar-refractivity contribution in [2.75, 3.05) is 44.2 Å². The van der Waals surface area contributed by atoms with Crippen LogP contribution in [0.4, 0.5) is 5.69 Å². The van der Waals surface area contributed by atoms with Gasteiger partial charge in [0.25, 0.3) is 0 Å². The molecular weight excluding hydrogens is 260 g/mol. The Labute approximate surface area is 128 Å². The van der Waals surface area contributed by atoms with Crippen LogP contribution in [0.3, 0.4) is 0 Å². The molecule has 2 fully saturated rings. The number of nitrogens with zero attached hydrogens (tertiary/aromatic N) is 2. The molecule has 1 heterocycles. The van der Waals surface area contributed by atoms with Crippen molar-refractivity contribution in [1.82, 2.24) is 4.90 Å². The maximum absolute atomic E-state index is 9.77. The number of aryl methyl sites for hydroxylation is 1. The molecule has 0 unspecified atom stereocenters. The van der Waals surface area contributed by atoms with E-state index in [1.807, 2.05) is 0 Å². The van der Waals surface area contributed by atoms with E-state index in [1.165, 1.54) is 36.9 Å². The molecule has 21 heavy (non-hydrogen) atoms. The average molecular weight is 288 g/mol. The zero-order chi connectivity index (χ0) is 14.7. The highest BCUT2D eigenvalue weighted by Crippen LogP contribution is 2.38. The molecule has 3 heteroatoms. The Morgan fingerprint density at radius 1 is 1.10 bits per heavy atom. The van der Waals surface area contributed by atoms with Crippen LogP contribution in [0.5, 0.6) is 0 Å². The Balaban J connectivity index is 1.55. The summed E-state index contributed by atoms with van der Waals surface area (Å²) in [6.45, 7) is 8.06. The van der Waals surface area contributed by atoms with Crippen LogP contribution in [-0.4, -0.2) is 49.3 Å². The van der Waals surface area contributed by atoms with E-state index in [9.17, 15) is 5.11 Å². The van der Waals surface area contributed by atoms with Gasteiger partial charge < -0.3 is 10.0 Å². The SMILES string of the molecule is Cc1cccc(N2CCN(CC3(CO)CCCC3)CC2)c1. The topological polar surface area (TPSA) is 26.7 Å². The van der Waals surface area contributed by atoms with E-state index in [0.29, 0.717) is 6.61 Å². The van der Waals surface area contributed by atoms with Crippen molar-refractivity contribution < 1.29 is 5.11 Å². The van der Waals surface area contributed by atoms with E-state index in [4.69, 9.17) is 0 Å². The van der Waals surface area contributed by atoms with Crippen molar-refractivity contribution in [3.63, 3.8) is 0 Å². The first-order valence-electron chi connectivity index (χ1n) is 8.36. The van der Waals surface area contributed by atoms with Gasteiger partial charge in [-0.1, -0.05) is 25.0 Å². The van der Waals surface area contributed by atoms with Gasteiger partial charge in [0.1, 0.15) is 0 Å². The summed E-state index contributed by atoms with van der Waals surface area (Å²) in [4.78, 5) is 5.05. The molecule has 1 aromatic rings. The van der Waals surface area contributed by atoms with Crippen LogP contribution in [0.25, 0.3) is 0 Å². The van der Waals surface area contributed by atoms with E-state index in [2.05, 4.69) is 41.0 Å². The molecule has 0 amide bonds. The summed E-state index contributed by atoms with van der Waals surface area (Å²) in [5.74, 6) is 0. The van der Waals surface area contributed by atoms with Gasteiger partial charge in [0.05, 0.1) is 0 Å². The molecule has 1 aliphatic heterocycles. The summed E-state index contributed by atoms with van der Waals surface area (Å²) in [6.07, 6.45) is 5.01. The second kappa shape index (κ2) is 6.37. The van der Waals surface area contributed by atoms with Crippen LogP contribution in [0, 0.1) is 12.3 Å². The van der Waals surface area contributed by atoms with Gasteiger partial charge in [-0.15, -0.1) is 0 Å². The molecule has 1 N–H and O–H groups in total. The standard InChI is InChI=1S/C18H28N2O/c1-16-5-4-6-17(13-16)20-11-9-19(10-12-20)14-18(15-21)7-2-3-8-18/h4-6,13,21H,2-3,7-12,14-15H2,1H3. The Kier molecular flexibility index (Phi) is 4.51. The summed E-state index contributed by atoms with van der Waals surface area (Å²) in [6, 6.07) is 8.80. The minimum Gasteiger partial charge on any atom is -0.396 e. The van der Waals surface area contributed by atoms with Crippen LogP contribution in [0.1, 0.15) is 31.2 Å². The van der Waals surface area contributed by atoms with Crippen LogP contribution in [0.2, 0.25) is 0 Å². The van der Waals surface area contributed by atoms with Crippen LogP contribution in [0.15, 0.2) is 24.3 Å². The molecule has 3 rings (SSSR count). The number of rotatable bonds is 4. The first-order valence-corrected chi connectivity index (χ1v) is 8.36. The predicted molar refractivity (Wildman–Crippen MR) is 87.8 cm³/mol. The number of piperazine rings is 1. The van der Waals surface area contributed by atoms with E-state index >= 15 is 0 Å². The van der Waals surface area contributed by atoms with E-state index < -0.39 is 0 Å². The molecule has 0 atom stereocenters. The summed E-state index contributed by atoms with van der Waals surface area (Å²) in [5, 5.41) is 9.77. The van der Waals surface area contributed by atoms with Crippen LogP contribution >= 0.6 is 0 Å². The molecule has 3 nitrogen and oxygen atoms in total. The predicted octanol–water partition coefficient (Wildman–Crippen LogP) is 2.67. The lowest BCUT2D eigenvalue weighted by molar-refractivity contribution is 0.0757. The maximum Gasteiger partial charge on any atom is 0.0499 e. The molecule has 1 saturated carbocycles. The summed E-state index contributed by atoms with van der Waals surface area (Å²) >= 11 is 0. The first-order chi connectivity index (χ1) is 10.2. The third-order valence-electron chi connectivity index (χ3n) is 5.30. The van der Waals surface area contributed by atoms with Crippen LogP contribution < -0.4 is 4.90 Å². The molecule has 116 valence electrons. The maximum atomic E-state index is 9.77. The van der Waals surface area contributed by atoms with Gasteiger partial charge in [0.15, 0.2) is 0 Å². The smallest absolute Gasteiger partial charge is 0.0499 e. The zero-order valence-electron chi connectivity index (χ0n) is 13.2. The minimum absolute atomic E-state index is 0.200. The van der Waals surface area contributed by atoms with Gasteiger partial charge in [0.2, 0.25) is 0 Å². The highest BCUT2D eigenvalue weighted by atomic mass is 16.3. The number of anilines is 1. The number of aliphatic hydroxyl groups excluding tert-OH is 1. The third kappa shape index (κ3) is 3.41. The van der Waals surface area contributed by atoms with E-state index in [1.54, 1.807) is 0 Å². The highest BCUT2D eigenvalue weighted by Gasteiger charge is 2.35. The van der Waals surface area contributed by atoms with Gasteiger partial charge in [-0.05, 0) is 37.5 Å². The van der Waals surface area contributed by atoms with Gasteiger partial charge >= 0.3 is 0 Å². The minimum atomic E-state index is 0.200. The van der Waals surface area contributed by atoms with Crippen molar-refractivity contribution in [3.05, 3.63) is 29.8 Å². The second-order valence-corrected chi connectivity index (χ2v) is 6.97. The highest BCUT2D eigenvalue weighted by molar-refractivity contribution is 5.48. The third-order valence-corrected chi connectivity index (χ3v) is 5.30. The number of aliphatic hydroxyl groups is 1. The Morgan fingerprint density at radius 3 is 2.43 bits per heavy atom. The molecule has 1 saturated heterocycles. The fourth-order valence-electron chi connectivity index (χ4n) is 3.95. The average Bonchev–Trinajstić information content (AvgIpc) is 2.97. The normalized spacial score (nSPS) is 22.7. The Bertz CT molecular complexity index is 460. The monoisotopic (exact) mass is 288 g/mol. The summed E-state index contributed by atoms with van der Waals surface area (Å²) in [7, 11) is 0. The Morgan fingerprint density at radius 2 is 1.81 bits per heavy atom. The van der Waals surface area contributed by atoms with Crippen LogP contribution in [-0.2, 0) is 0 Å². The second-order valence-electron chi connectivity index (χ2n) is 6.97. The lowest BCUT2D eigenvalue weighted by Crippen LogP contribution is -2.50. The number of hydrogen-bond donors (Lipinski definition) is 1. The van der Waals surface area contributed by atoms with Crippen molar-refractivity contribution in [3.8, 4) is 0 Å². The van der Waals surface area contributed by atoms with E-state index in [0.717, 1.165) is 32.7 Å². The van der Waals surface area contributed by atoms with Gasteiger partial charge in [-0.3, -0.25) is 4.90 Å². The zero-order valence-corrected chi connectivity index (χ0v) is 13.2. The quantitative estimate of drug-likeness (QED) is 0.923. The van der Waals surface area contributed by atoms with Crippen molar-refractivity contribution >= 4 is 5.69 Å². The van der Waals surface area contributed by atoms with Gasteiger partial charge in [0, 0.05) is 50.4 Å². The molecule has 0 radical (unpaired) electrons. The van der Waals surface area contributed by atoms with Crippen molar-refractivity contribution in [2.24, 2.45) is 5.41 Å². The van der Waals surface area contributed by atoms with Crippen molar-refractivity contribution in [2.45, 2.75) is 32.6 Å². The molecule has 1 aromatic carbocycles. The van der Waals surface area contributed by atoms with Gasteiger partial charge in [-0.2, -0.15) is 0 Å². The molecule has 1 aliphatic carbocycles. The lowest BCUT2D eigenvalue weighted by atomic mass is 9.86. The fraction of sp³-hybridized carbons (Fsp3) is 0.667. The van der Waals surface area contributed by atoms with Crippen molar-refractivity contribution in [1.29, 1.82) is 0 Å². The molecular formula is C18H28N2O. The number of hydrogen-bond acceptors (Lipinski definition) is 3. The molecule has 0 aromatic heterocycles. The number of benzene rings is 1. The molecule has 2 aliphatic rings. The fourth-order valence-corrected chi connectivity index (χ4v) is 3.95. The lowest BCUT2D eigenvalue weighted by Gasteiger charge is -2.40.